The fourth-order valence-electron chi connectivity index (χ4n) is 1.45. The van der Waals surface area contributed by atoms with Crippen molar-refractivity contribution in [1.29, 1.82) is 0 Å². The van der Waals surface area contributed by atoms with Gasteiger partial charge in [0.15, 0.2) is 0 Å². The first-order valence-electron chi connectivity index (χ1n) is 5.51. The zero-order chi connectivity index (χ0) is 12.8. The highest BCUT2D eigenvalue weighted by atomic mass is 127. The van der Waals surface area contributed by atoms with E-state index in [-0.39, 0.29) is 17.6 Å². The number of anilines is 1. The van der Waals surface area contributed by atoms with Crippen molar-refractivity contribution < 1.29 is 9.18 Å². The maximum absolute atomic E-state index is 12.9. The van der Waals surface area contributed by atoms with Crippen LogP contribution in [-0.2, 0) is 4.79 Å². The predicted octanol–water partition coefficient (Wildman–Crippen LogP) is 2.74. The van der Waals surface area contributed by atoms with Gasteiger partial charge < -0.3 is 11.1 Å². The van der Waals surface area contributed by atoms with Gasteiger partial charge in [-0.15, -0.1) is 0 Å². The number of halogens is 2. The van der Waals surface area contributed by atoms with Crippen LogP contribution in [0, 0.1) is 15.3 Å². The molecule has 0 radical (unpaired) electrons. The van der Waals surface area contributed by atoms with Gasteiger partial charge >= 0.3 is 0 Å². The van der Waals surface area contributed by atoms with Gasteiger partial charge in [-0.2, -0.15) is 0 Å². The van der Waals surface area contributed by atoms with E-state index in [0.29, 0.717) is 22.2 Å². The molecular formula is C12H16FIN2O. The lowest BCUT2D eigenvalue weighted by Gasteiger charge is -2.12. The minimum atomic E-state index is -0.305. The molecule has 0 fully saturated rings. The predicted molar refractivity (Wildman–Crippen MR) is 75.2 cm³/mol. The number of nitrogens with one attached hydrogen (secondary N) is 1. The smallest absolute Gasteiger partial charge is 0.224 e. The molecule has 17 heavy (non-hydrogen) atoms. The van der Waals surface area contributed by atoms with Crippen molar-refractivity contribution >= 4 is 34.2 Å². The summed E-state index contributed by atoms with van der Waals surface area (Å²) in [4.78, 5) is 11.7. The molecule has 0 heterocycles. The molecule has 1 amide bonds. The van der Waals surface area contributed by atoms with E-state index in [1.165, 1.54) is 12.1 Å². The molecule has 1 aromatic rings. The minimum absolute atomic E-state index is 0.0770. The van der Waals surface area contributed by atoms with Gasteiger partial charge in [-0.1, -0.05) is 13.3 Å². The Morgan fingerprint density at radius 2 is 2.29 bits per heavy atom. The Hall–Kier alpha value is -0.690. The molecular weight excluding hydrogens is 334 g/mol. The first-order valence-corrected chi connectivity index (χ1v) is 6.59. The third kappa shape index (κ3) is 4.59. The second-order valence-corrected chi connectivity index (χ2v) is 5.05. The summed E-state index contributed by atoms with van der Waals surface area (Å²) < 4.78 is 13.6. The molecule has 94 valence electrons. The van der Waals surface area contributed by atoms with Crippen LogP contribution in [0.15, 0.2) is 18.2 Å². The van der Waals surface area contributed by atoms with Crippen LogP contribution in [0.4, 0.5) is 10.1 Å². The lowest BCUT2D eigenvalue weighted by molar-refractivity contribution is -0.117. The fourth-order valence-corrected chi connectivity index (χ4v) is 2.06. The van der Waals surface area contributed by atoms with Crippen LogP contribution in [0.2, 0.25) is 0 Å². The number of hydrogen-bond acceptors (Lipinski definition) is 2. The second kappa shape index (κ2) is 6.90. The van der Waals surface area contributed by atoms with Crippen LogP contribution in [0.5, 0.6) is 0 Å². The summed E-state index contributed by atoms with van der Waals surface area (Å²) in [6.07, 6.45) is 1.28. The van der Waals surface area contributed by atoms with Crippen molar-refractivity contribution in [3.8, 4) is 0 Å². The van der Waals surface area contributed by atoms with E-state index in [9.17, 15) is 9.18 Å². The Morgan fingerprint density at radius 1 is 1.59 bits per heavy atom. The third-order valence-corrected chi connectivity index (χ3v) is 3.48. The van der Waals surface area contributed by atoms with E-state index < -0.39 is 0 Å². The zero-order valence-electron chi connectivity index (χ0n) is 9.67. The summed E-state index contributed by atoms with van der Waals surface area (Å²) in [5.74, 6) is -0.180. The molecule has 0 aliphatic rings. The van der Waals surface area contributed by atoms with Gasteiger partial charge in [-0.25, -0.2) is 4.39 Å². The highest BCUT2D eigenvalue weighted by molar-refractivity contribution is 14.1. The molecule has 0 spiro atoms. The minimum Gasteiger partial charge on any atom is -0.330 e. The van der Waals surface area contributed by atoms with E-state index in [0.717, 1.165) is 6.42 Å². The first kappa shape index (κ1) is 14.4. The molecule has 0 aromatic heterocycles. The Labute approximate surface area is 114 Å². The summed E-state index contributed by atoms with van der Waals surface area (Å²) in [6.45, 7) is 2.51. The van der Waals surface area contributed by atoms with Gasteiger partial charge in [-0.3, -0.25) is 4.79 Å². The Morgan fingerprint density at radius 3 is 2.82 bits per heavy atom. The molecule has 0 saturated heterocycles. The van der Waals surface area contributed by atoms with Crippen LogP contribution in [-0.4, -0.2) is 12.5 Å². The van der Waals surface area contributed by atoms with Gasteiger partial charge in [0.1, 0.15) is 5.82 Å². The van der Waals surface area contributed by atoms with Crippen LogP contribution in [0.1, 0.15) is 19.8 Å². The maximum atomic E-state index is 12.9. The van der Waals surface area contributed by atoms with E-state index in [2.05, 4.69) is 5.32 Å². The first-order chi connectivity index (χ1) is 8.06. The number of carbonyl (C=O) groups is 1. The van der Waals surface area contributed by atoms with E-state index in [4.69, 9.17) is 5.73 Å². The number of nitrogens with two attached hydrogens (primary N) is 1. The van der Waals surface area contributed by atoms with Crippen molar-refractivity contribution in [2.75, 3.05) is 11.9 Å². The molecule has 5 heteroatoms. The van der Waals surface area contributed by atoms with Crippen molar-refractivity contribution in [2.24, 2.45) is 11.7 Å². The summed E-state index contributed by atoms with van der Waals surface area (Å²) in [5.41, 5.74) is 6.19. The zero-order valence-corrected chi connectivity index (χ0v) is 11.8. The quantitative estimate of drug-likeness (QED) is 0.803. The SMILES string of the molecule is CCC(CN)CC(=O)Nc1ccc(F)cc1I. The lowest BCUT2D eigenvalue weighted by atomic mass is 10.0. The summed E-state index contributed by atoms with van der Waals surface area (Å²) in [6, 6.07) is 4.28. The molecule has 1 aromatic carbocycles. The van der Waals surface area contributed by atoms with Crippen LogP contribution >= 0.6 is 22.6 Å². The number of rotatable bonds is 5. The summed E-state index contributed by atoms with van der Waals surface area (Å²) >= 11 is 1.99. The average Bonchev–Trinajstić information content (AvgIpc) is 2.29. The monoisotopic (exact) mass is 350 g/mol. The highest BCUT2D eigenvalue weighted by Gasteiger charge is 2.11. The van der Waals surface area contributed by atoms with Crippen LogP contribution < -0.4 is 11.1 Å². The molecule has 3 N–H and O–H groups in total. The number of hydrogen-bond donors (Lipinski definition) is 2. The average molecular weight is 350 g/mol. The van der Waals surface area contributed by atoms with E-state index in [1.54, 1.807) is 6.07 Å². The second-order valence-electron chi connectivity index (χ2n) is 3.89. The van der Waals surface area contributed by atoms with Crippen molar-refractivity contribution in [3.63, 3.8) is 0 Å². The van der Waals surface area contributed by atoms with E-state index in [1.807, 2.05) is 29.5 Å². The normalized spacial score (nSPS) is 12.2. The third-order valence-electron chi connectivity index (χ3n) is 2.59. The van der Waals surface area contributed by atoms with Crippen molar-refractivity contribution in [3.05, 3.63) is 27.6 Å². The van der Waals surface area contributed by atoms with Gasteiger partial charge in [-0.05, 0) is 53.3 Å². The van der Waals surface area contributed by atoms with Crippen molar-refractivity contribution in [1.82, 2.24) is 0 Å². The van der Waals surface area contributed by atoms with Crippen LogP contribution in [0.3, 0.4) is 0 Å². The summed E-state index contributed by atoms with van der Waals surface area (Å²) in [7, 11) is 0. The molecule has 0 aliphatic carbocycles. The molecule has 1 unspecified atom stereocenters. The van der Waals surface area contributed by atoms with Gasteiger partial charge in [0, 0.05) is 9.99 Å². The number of amides is 1. The molecule has 1 atom stereocenters. The molecule has 0 saturated carbocycles. The highest BCUT2D eigenvalue weighted by Crippen LogP contribution is 2.19. The van der Waals surface area contributed by atoms with Gasteiger partial charge in [0.25, 0.3) is 0 Å². The summed E-state index contributed by atoms with van der Waals surface area (Å²) in [5, 5.41) is 2.77. The molecule has 3 nitrogen and oxygen atoms in total. The molecule has 0 aliphatic heterocycles. The largest absolute Gasteiger partial charge is 0.330 e. The fraction of sp³-hybridized carbons (Fsp3) is 0.417. The lowest BCUT2D eigenvalue weighted by Crippen LogP contribution is -2.22. The van der Waals surface area contributed by atoms with Gasteiger partial charge in [0.2, 0.25) is 5.91 Å². The van der Waals surface area contributed by atoms with E-state index >= 15 is 0 Å². The Kier molecular flexibility index (Phi) is 5.84. The topological polar surface area (TPSA) is 55.1 Å². The van der Waals surface area contributed by atoms with Gasteiger partial charge in [0.05, 0.1) is 5.69 Å². The maximum Gasteiger partial charge on any atom is 0.224 e. The Bertz CT molecular complexity index is 394. The molecule has 1 rings (SSSR count). The van der Waals surface area contributed by atoms with Crippen LogP contribution in [0.25, 0.3) is 0 Å². The van der Waals surface area contributed by atoms with Crippen molar-refractivity contribution in [2.45, 2.75) is 19.8 Å². The number of carbonyl (C=O) groups excluding carboxylic acids is 1. The molecule has 0 bridgehead atoms. The number of benzene rings is 1. The Balaban J connectivity index is 2.62. The standard InChI is InChI=1S/C12H16FIN2O/c1-2-8(7-15)5-12(17)16-11-4-3-9(13)6-10(11)14/h3-4,6,8H,2,5,7,15H2,1H3,(H,16,17).